The second-order valence-corrected chi connectivity index (χ2v) is 4.29. The molecule has 13 heavy (non-hydrogen) atoms. The molecule has 3 rings (SSSR count). The molecule has 0 N–H and O–H groups in total. The monoisotopic (exact) mass is 172 g/mol. The Morgan fingerprint density at radius 1 is 1.23 bits per heavy atom. The molecule has 0 amide bonds. The zero-order valence-corrected chi connectivity index (χ0v) is 7.71. The molecule has 1 aromatic carbocycles. The molecule has 0 aromatic heterocycles. The lowest BCUT2D eigenvalue weighted by atomic mass is 9.73. The average Bonchev–Trinajstić information content (AvgIpc) is 2.39. The summed E-state index contributed by atoms with van der Waals surface area (Å²) in [6.07, 6.45) is 1.79. The van der Waals surface area contributed by atoms with E-state index in [0.717, 1.165) is 12.8 Å². The summed E-state index contributed by atoms with van der Waals surface area (Å²) in [5.74, 6) is 1.39. The molecule has 1 nitrogen and oxygen atoms in total. The Hall–Kier alpha value is -1.11. The van der Waals surface area contributed by atoms with E-state index in [9.17, 15) is 4.79 Å². The van der Waals surface area contributed by atoms with Crippen LogP contribution in [0.4, 0.5) is 0 Å². The molecule has 66 valence electrons. The fourth-order valence-corrected chi connectivity index (χ4v) is 2.64. The van der Waals surface area contributed by atoms with Gasteiger partial charge in [0.2, 0.25) is 0 Å². The summed E-state index contributed by atoms with van der Waals surface area (Å²) in [6, 6.07) is 6.59. The zero-order valence-electron chi connectivity index (χ0n) is 7.71. The Balaban J connectivity index is 2.09. The van der Waals surface area contributed by atoms with E-state index < -0.39 is 0 Å². The van der Waals surface area contributed by atoms with Crippen molar-refractivity contribution in [3.05, 3.63) is 34.9 Å². The summed E-state index contributed by atoms with van der Waals surface area (Å²) in [7, 11) is 0. The molecule has 2 aliphatic carbocycles. The van der Waals surface area contributed by atoms with E-state index in [-0.39, 0.29) is 0 Å². The molecule has 2 atom stereocenters. The number of ketones is 1. The first-order chi connectivity index (χ1) is 6.25. The van der Waals surface area contributed by atoms with Crippen molar-refractivity contribution in [3.63, 3.8) is 0 Å². The molecule has 0 spiro atoms. The number of hydrogen-bond donors (Lipinski definition) is 0. The average molecular weight is 172 g/mol. The third-order valence-electron chi connectivity index (χ3n) is 3.46. The van der Waals surface area contributed by atoms with Crippen LogP contribution in [0.5, 0.6) is 0 Å². The van der Waals surface area contributed by atoms with Gasteiger partial charge >= 0.3 is 0 Å². The van der Waals surface area contributed by atoms with E-state index in [1.807, 2.05) is 0 Å². The lowest BCUT2D eigenvalue weighted by Crippen LogP contribution is -2.31. The molecule has 0 bridgehead atoms. The molecule has 1 saturated carbocycles. The van der Waals surface area contributed by atoms with E-state index in [1.165, 1.54) is 16.7 Å². The van der Waals surface area contributed by atoms with Crippen LogP contribution in [0.2, 0.25) is 0 Å². The Labute approximate surface area is 77.8 Å². The molecular weight excluding hydrogens is 160 g/mol. The maximum absolute atomic E-state index is 11.3. The van der Waals surface area contributed by atoms with Gasteiger partial charge in [-0.3, -0.25) is 4.79 Å². The fourth-order valence-electron chi connectivity index (χ4n) is 2.64. The largest absolute Gasteiger partial charge is 0.299 e. The maximum atomic E-state index is 11.3. The first-order valence-corrected chi connectivity index (χ1v) is 4.88. The van der Waals surface area contributed by atoms with E-state index >= 15 is 0 Å². The minimum absolute atomic E-state index is 0.344. The number of aryl methyl sites for hydroxylation is 1. The van der Waals surface area contributed by atoms with Gasteiger partial charge in [-0.05, 0) is 24.5 Å². The van der Waals surface area contributed by atoms with Crippen molar-refractivity contribution in [2.75, 3.05) is 0 Å². The Bertz CT molecular complexity index is 392. The van der Waals surface area contributed by atoms with Crippen molar-refractivity contribution in [1.29, 1.82) is 0 Å². The van der Waals surface area contributed by atoms with Crippen LogP contribution in [0.25, 0.3) is 0 Å². The van der Waals surface area contributed by atoms with Crippen molar-refractivity contribution in [2.45, 2.75) is 25.7 Å². The number of hydrogen-bond acceptors (Lipinski definition) is 1. The van der Waals surface area contributed by atoms with Gasteiger partial charge in [0.25, 0.3) is 0 Å². The summed E-state index contributed by atoms with van der Waals surface area (Å²) in [5.41, 5.74) is 4.18. The van der Waals surface area contributed by atoms with E-state index in [1.54, 1.807) is 0 Å². The number of carbonyl (C=O) groups excluding carboxylic acids is 1. The van der Waals surface area contributed by atoms with Crippen molar-refractivity contribution < 1.29 is 4.79 Å². The van der Waals surface area contributed by atoms with Gasteiger partial charge in [0.1, 0.15) is 5.78 Å². The summed E-state index contributed by atoms with van der Waals surface area (Å²) in [5, 5.41) is 0. The number of fused-ring (bicyclic) bond motifs is 3. The minimum atomic E-state index is 0.344. The highest BCUT2D eigenvalue weighted by Crippen LogP contribution is 2.48. The van der Waals surface area contributed by atoms with Crippen LogP contribution in [0.1, 0.15) is 29.0 Å². The minimum Gasteiger partial charge on any atom is -0.299 e. The molecule has 1 heteroatoms. The normalized spacial score (nSPS) is 29.5. The van der Waals surface area contributed by atoms with Gasteiger partial charge in [-0.1, -0.05) is 23.8 Å². The summed E-state index contributed by atoms with van der Waals surface area (Å²) < 4.78 is 0. The van der Waals surface area contributed by atoms with Crippen molar-refractivity contribution in [3.8, 4) is 0 Å². The first kappa shape index (κ1) is 7.31. The van der Waals surface area contributed by atoms with Gasteiger partial charge in [0.05, 0.1) is 0 Å². The second-order valence-electron chi connectivity index (χ2n) is 4.29. The summed E-state index contributed by atoms with van der Waals surface area (Å²) >= 11 is 0. The SMILES string of the molecule is Cc1ccc2c(c1)C1CC(=O)C1C2. The Morgan fingerprint density at radius 3 is 2.85 bits per heavy atom. The van der Waals surface area contributed by atoms with Crippen LogP contribution in [0.3, 0.4) is 0 Å². The molecule has 2 aliphatic rings. The molecule has 0 aliphatic heterocycles. The zero-order chi connectivity index (χ0) is 9.00. The Kier molecular flexibility index (Phi) is 1.25. The smallest absolute Gasteiger partial charge is 0.137 e. The molecule has 2 unspecified atom stereocenters. The van der Waals surface area contributed by atoms with Crippen LogP contribution < -0.4 is 0 Å². The highest BCUT2D eigenvalue weighted by molar-refractivity contribution is 5.91. The third kappa shape index (κ3) is 0.846. The van der Waals surface area contributed by atoms with E-state index in [0.29, 0.717) is 17.6 Å². The van der Waals surface area contributed by atoms with Crippen LogP contribution in [0, 0.1) is 12.8 Å². The van der Waals surface area contributed by atoms with Gasteiger partial charge in [0, 0.05) is 18.3 Å². The number of rotatable bonds is 0. The summed E-state index contributed by atoms with van der Waals surface area (Å²) in [4.78, 5) is 11.3. The maximum Gasteiger partial charge on any atom is 0.137 e. The van der Waals surface area contributed by atoms with Gasteiger partial charge in [0.15, 0.2) is 0 Å². The van der Waals surface area contributed by atoms with Gasteiger partial charge in [-0.15, -0.1) is 0 Å². The van der Waals surface area contributed by atoms with E-state index in [2.05, 4.69) is 25.1 Å². The molecular formula is C12H12O. The summed E-state index contributed by atoms with van der Waals surface area (Å²) in [6.45, 7) is 2.12. The second kappa shape index (κ2) is 2.22. The highest BCUT2D eigenvalue weighted by atomic mass is 16.1. The van der Waals surface area contributed by atoms with Crippen LogP contribution in [-0.4, -0.2) is 5.78 Å². The predicted octanol–water partition coefficient (Wildman–Crippen LogP) is 2.22. The quantitative estimate of drug-likeness (QED) is 0.586. The van der Waals surface area contributed by atoms with Gasteiger partial charge in [-0.25, -0.2) is 0 Å². The number of Topliss-reactive ketones (excluding diaryl/α,β-unsaturated/α-hetero) is 1. The molecule has 1 fully saturated rings. The highest BCUT2D eigenvalue weighted by Gasteiger charge is 2.45. The van der Waals surface area contributed by atoms with Gasteiger partial charge < -0.3 is 0 Å². The van der Waals surface area contributed by atoms with Crippen molar-refractivity contribution >= 4 is 5.78 Å². The van der Waals surface area contributed by atoms with Crippen molar-refractivity contribution in [2.24, 2.45) is 5.92 Å². The third-order valence-corrected chi connectivity index (χ3v) is 3.46. The topological polar surface area (TPSA) is 17.1 Å². The first-order valence-electron chi connectivity index (χ1n) is 4.88. The van der Waals surface area contributed by atoms with Crippen LogP contribution in [0.15, 0.2) is 18.2 Å². The molecule has 0 radical (unpaired) electrons. The van der Waals surface area contributed by atoms with Crippen LogP contribution >= 0.6 is 0 Å². The van der Waals surface area contributed by atoms with Crippen molar-refractivity contribution in [1.82, 2.24) is 0 Å². The molecule has 1 aromatic rings. The number of carbonyl (C=O) groups is 1. The van der Waals surface area contributed by atoms with E-state index in [4.69, 9.17) is 0 Å². The lowest BCUT2D eigenvalue weighted by molar-refractivity contribution is -0.130. The molecule has 0 heterocycles. The Morgan fingerprint density at radius 2 is 2.08 bits per heavy atom. The predicted molar refractivity (Wildman–Crippen MR) is 50.7 cm³/mol. The number of benzene rings is 1. The lowest BCUT2D eigenvalue weighted by Gasteiger charge is -2.28. The standard InChI is InChI=1S/C12H12O/c1-7-2-3-8-5-11-10(6-12(11)13)9(8)4-7/h2-4,10-11H,5-6H2,1H3. The van der Waals surface area contributed by atoms with Crippen LogP contribution in [-0.2, 0) is 11.2 Å². The fraction of sp³-hybridized carbons (Fsp3) is 0.417. The van der Waals surface area contributed by atoms with Gasteiger partial charge in [-0.2, -0.15) is 0 Å². The molecule has 0 saturated heterocycles.